The van der Waals surface area contributed by atoms with E-state index in [0.29, 0.717) is 34.4 Å². The van der Waals surface area contributed by atoms with E-state index in [1.165, 1.54) is 81.1 Å². The zero-order chi connectivity index (χ0) is 86.0. The van der Waals surface area contributed by atoms with Crippen LogP contribution in [0.25, 0.3) is 254 Å². The Morgan fingerprint density at radius 2 is 0.446 bits per heavy atom. The first kappa shape index (κ1) is 74.7. The zero-order valence-electron chi connectivity index (χ0n) is 70.0. The molecule has 9 nitrogen and oxygen atoms in total. The Balaban J connectivity index is 0.000000140. The van der Waals surface area contributed by atoms with Gasteiger partial charge >= 0.3 is 0 Å². The summed E-state index contributed by atoms with van der Waals surface area (Å²) in [6, 6.07) is 157. The van der Waals surface area contributed by atoms with Crippen LogP contribution in [0.2, 0.25) is 0 Å². The molecule has 0 aliphatic carbocycles. The van der Waals surface area contributed by atoms with Gasteiger partial charge in [-0.15, -0.1) is 0 Å². The highest BCUT2D eigenvalue weighted by atomic mass is 15.0. The van der Waals surface area contributed by atoms with E-state index in [2.05, 4.69) is 343 Å². The number of nitriles is 2. The van der Waals surface area contributed by atoms with Gasteiger partial charge in [0.25, 0.3) is 0 Å². The molecule has 0 atom stereocenters. The molecular formula is C121H71N9. The van der Waals surface area contributed by atoms with Crippen LogP contribution in [0, 0.1) is 22.7 Å². The summed E-state index contributed by atoms with van der Waals surface area (Å²) in [6.45, 7) is 0. The molecule has 4 heterocycles. The largest absolute Gasteiger partial charge is 0.309 e. The summed E-state index contributed by atoms with van der Waals surface area (Å²) in [6.07, 6.45) is 0. The number of hydrogen-bond donors (Lipinski definition) is 0. The first-order valence-corrected chi connectivity index (χ1v) is 43.8. The van der Waals surface area contributed by atoms with E-state index in [-0.39, 0.29) is 0 Å². The number of para-hydroxylation sites is 2. The van der Waals surface area contributed by atoms with Crippen LogP contribution in [0.3, 0.4) is 0 Å². The summed E-state index contributed by atoms with van der Waals surface area (Å²) in [4.78, 5) is 25.9. The molecule has 4 aromatic heterocycles. The van der Waals surface area contributed by atoms with Gasteiger partial charge in [0, 0.05) is 66.3 Å². The fraction of sp³-hybridized carbons (Fsp3) is 0. The van der Waals surface area contributed by atoms with Crippen molar-refractivity contribution in [2.24, 2.45) is 0 Å². The smallest absolute Gasteiger partial charge is 0.164 e. The molecule has 0 amide bonds. The minimum absolute atomic E-state index is 0.638. The number of rotatable bonds is 12. The highest BCUT2D eigenvalue weighted by molar-refractivity contribution is 6.29. The lowest BCUT2D eigenvalue weighted by Crippen LogP contribution is -2.00. The second kappa shape index (κ2) is 30.5. The van der Waals surface area contributed by atoms with E-state index in [0.717, 1.165) is 149 Å². The van der Waals surface area contributed by atoms with Crippen molar-refractivity contribution in [3.05, 3.63) is 442 Å². The maximum atomic E-state index is 9.97. The Kier molecular flexibility index (Phi) is 17.5. The minimum atomic E-state index is 0.638. The third-order valence-electron chi connectivity index (χ3n) is 26.1. The summed E-state index contributed by atoms with van der Waals surface area (Å²) >= 11 is 0. The predicted molar refractivity (Wildman–Crippen MR) is 537 cm³/mol. The van der Waals surface area contributed by atoms with Crippen LogP contribution >= 0.6 is 0 Å². The Morgan fingerprint density at radius 1 is 0.177 bits per heavy atom. The van der Waals surface area contributed by atoms with Gasteiger partial charge in [-0.25, -0.2) is 24.9 Å². The standard InChI is InChI=1S/C61H36N4.C60H35N5/c62-37-38-30-43-28-29-44-32-45(33-58-60(44)59(43)57(31-38)65(58)46-18-8-3-9-19-46)39-24-26-40(27-25-39)51-34-52-49-22-12-13-23-50(49)54(35-53(52)48-21-11-10-20-47(48)51)61-63-55(41-14-4-1-5-15-41)36-56(64-61)42-16-6-2-7-17-42;61-36-37-30-42-28-29-43-32-44(33-55-57(43)56(42)54(31-37)65(55)45-18-8-3-9-19-45)38-24-26-39(27-25-38)50-34-51-48-22-12-13-23-49(48)53(35-52(51)47-21-11-10-20-46(47)50)60-63-58(40-14-4-1-5-15-40)62-59(64-60)41-16-6-2-7-17-41/h1-36H;1-35H. The van der Waals surface area contributed by atoms with E-state index in [9.17, 15) is 10.5 Å². The molecule has 26 aromatic rings. The molecular weight excluding hydrogens is 1580 g/mol. The Hall–Kier alpha value is -17.9. The van der Waals surface area contributed by atoms with Crippen molar-refractivity contribution in [3.8, 4) is 136 Å². The lowest BCUT2D eigenvalue weighted by Gasteiger charge is -2.16. The van der Waals surface area contributed by atoms with Crippen LogP contribution in [-0.2, 0) is 0 Å². The normalized spacial score (nSPS) is 11.7. The first-order valence-electron chi connectivity index (χ1n) is 43.8. The average Bonchev–Trinajstić information content (AvgIpc) is 0.843. The van der Waals surface area contributed by atoms with Gasteiger partial charge in [-0.05, 0) is 234 Å². The number of benzene rings is 22. The maximum Gasteiger partial charge on any atom is 0.164 e. The van der Waals surface area contributed by atoms with Crippen LogP contribution in [0.1, 0.15) is 11.1 Å². The van der Waals surface area contributed by atoms with Gasteiger partial charge in [-0.1, -0.05) is 328 Å². The highest BCUT2D eigenvalue weighted by Crippen LogP contribution is 2.49. The molecule has 0 bridgehead atoms. The summed E-state index contributed by atoms with van der Waals surface area (Å²) in [7, 11) is 0. The molecule has 600 valence electrons. The summed E-state index contributed by atoms with van der Waals surface area (Å²) in [5, 5.41) is 43.1. The van der Waals surface area contributed by atoms with Crippen molar-refractivity contribution < 1.29 is 0 Å². The fourth-order valence-electron chi connectivity index (χ4n) is 20.2. The maximum absolute atomic E-state index is 9.97. The first-order chi connectivity index (χ1) is 64.3. The van der Waals surface area contributed by atoms with Crippen LogP contribution < -0.4 is 0 Å². The third kappa shape index (κ3) is 12.5. The van der Waals surface area contributed by atoms with Gasteiger partial charge in [0.1, 0.15) is 0 Å². The topological polar surface area (TPSA) is 122 Å². The van der Waals surface area contributed by atoms with Gasteiger partial charge < -0.3 is 9.13 Å². The van der Waals surface area contributed by atoms with Gasteiger partial charge in [0.05, 0.1) is 56.7 Å². The molecule has 0 N–H and O–H groups in total. The molecule has 0 aliphatic rings. The van der Waals surface area contributed by atoms with Crippen molar-refractivity contribution in [2.75, 3.05) is 0 Å². The van der Waals surface area contributed by atoms with Gasteiger partial charge in [-0.2, -0.15) is 10.5 Å². The molecule has 0 saturated carbocycles. The van der Waals surface area contributed by atoms with Crippen molar-refractivity contribution >= 4 is 130 Å². The van der Waals surface area contributed by atoms with Crippen molar-refractivity contribution in [1.82, 2.24) is 34.1 Å². The Bertz CT molecular complexity index is 8490. The lowest BCUT2D eigenvalue weighted by atomic mass is 9.88. The van der Waals surface area contributed by atoms with E-state index in [1.807, 2.05) is 109 Å². The highest BCUT2D eigenvalue weighted by Gasteiger charge is 2.26. The van der Waals surface area contributed by atoms with Crippen molar-refractivity contribution in [2.45, 2.75) is 0 Å². The van der Waals surface area contributed by atoms with Crippen LogP contribution in [0.5, 0.6) is 0 Å². The summed E-state index contributed by atoms with van der Waals surface area (Å²) in [5.74, 6) is 2.62. The predicted octanol–water partition coefficient (Wildman–Crippen LogP) is 31.1. The molecule has 0 unspecified atom stereocenters. The second-order valence-electron chi connectivity index (χ2n) is 33.5. The summed E-state index contributed by atoms with van der Waals surface area (Å²) < 4.78 is 4.63. The summed E-state index contributed by atoms with van der Waals surface area (Å²) in [5.41, 5.74) is 24.7. The van der Waals surface area contributed by atoms with Gasteiger partial charge in [0.2, 0.25) is 0 Å². The van der Waals surface area contributed by atoms with Crippen LogP contribution in [-0.4, -0.2) is 34.1 Å². The van der Waals surface area contributed by atoms with Crippen LogP contribution in [0.4, 0.5) is 0 Å². The number of fused-ring (bicyclic) bond motifs is 10. The van der Waals surface area contributed by atoms with E-state index >= 15 is 0 Å². The van der Waals surface area contributed by atoms with Gasteiger partial charge in [-0.3, -0.25) is 0 Å². The SMILES string of the molecule is N#Cc1cc2ccc3cc(-c4ccc(-c5cc6c7ccccc7c(-c7nc(-c8ccccc8)cc(-c8ccccc8)n7)cc6c6ccccc56)cc4)cc4c3c2c(c1)n4-c1ccccc1.N#Cc1cc2ccc3cc(-c4ccc(-c5cc6c7ccccc7c(-c7nc(-c8ccccc8)nc(-c8ccccc8)n7)cc6c6ccccc56)cc4)cc4c3c2c(c1)n4-c1ccccc1. The Morgan fingerprint density at radius 3 is 0.792 bits per heavy atom. The van der Waals surface area contributed by atoms with E-state index in [4.69, 9.17) is 24.9 Å². The third-order valence-corrected chi connectivity index (χ3v) is 26.1. The second-order valence-corrected chi connectivity index (χ2v) is 33.5. The molecule has 9 heteroatoms. The lowest BCUT2D eigenvalue weighted by molar-refractivity contribution is 1.08. The zero-order valence-corrected chi connectivity index (χ0v) is 70.0. The van der Waals surface area contributed by atoms with Crippen LogP contribution in [0.15, 0.2) is 431 Å². The number of hydrogen-bond acceptors (Lipinski definition) is 7. The molecule has 26 rings (SSSR count). The molecule has 22 aromatic carbocycles. The fourth-order valence-corrected chi connectivity index (χ4v) is 20.2. The molecule has 0 spiro atoms. The number of aromatic nitrogens is 7. The van der Waals surface area contributed by atoms with E-state index in [1.54, 1.807) is 0 Å². The van der Waals surface area contributed by atoms with E-state index < -0.39 is 0 Å². The minimum Gasteiger partial charge on any atom is -0.309 e. The van der Waals surface area contributed by atoms with Crippen molar-refractivity contribution in [3.63, 3.8) is 0 Å². The molecule has 130 heavy (non-hydrogen) atoms. The quantitative estimate of drug-likeness (QED) is 0.112. The monoisotopic (exact) mass is 1650 g/mol. The molecule has 0 fully saturated rings. The Labute approximate surface area is 747 Å². The average molecular weight is 1650 g/mol. The number of nitrogens with zero attached hydrogens (tertiary/aromatic N) is 9. The molecule has 0 saturated heterocycles. The molecule has 0 radical (unpaired) electrons. The molecule has 0 aliphatic heterocycles. The van der Waals surface area contributed by atoms with Gasteiger partial charge in [0.15, 0.2) is 23.3 Å². The van der Waals surface area contributed by atoms with Crippen molar-refractivity contribution in [1.29, 1.82) is 10.5 Å².